The van der Waals surface area contributed by atoms with Gasteiger partial charge in [-0.15, -0.1) is 0 Å². The molecular formula is C11H19N2OP3. The number of nitrogens with one attached hydrogen (secondary N) is 2. The number of hydrogen-bond acceptors (Lipinski definition) is 3. The van der Waals surface area contributed by atoms with Crippen molar-refractivity contribution in [3.05, 3.63) is 35.9 Å². The molecule has 0 radical (unpaired) electrons. The summed E-state index contributed by atoms with van der Waals surface area (Å²) < 4.78 is 0. The molecule has 0 saturated carbocycles. The average molecular weight is 288 g/mol. The lowest BCUT2D eigenvalue weighted by Crippen LogP contribution is -2.31. The molecule has 3 nitrogen and oxygen atoms in total. The monoisotopic (exact) mass is 288 g/mol. The Hall–Kier alpha value is 0.1000. The molecule has 4 atom stereocenters. The predicted octanol–water partition coefficient (Wildman–Crippen LogP) is 2.37. The molecule has 1 rings (SSSR count). The maximum Gasteiger partial charge on any atom is 0.179 e. The first kappa shape index (κ1) is 15.2. The summed E-state index contributed by atoms with van der Waals surface area (Å²) in [6.45, 7) is 0.951. The summed E-state index contributed by atoms with van der Waals surface area (Å²) in [5.74, 6) is 0.161. The van der Waals surface area contributed by atoms with Crippen molar-refractivity contribution in [1.29, 1.82) is 0 Å². The molecule has 0 spiro atoms. The van der Waals surface area contributed by atoms with E-state index in [1.54, 1.807) is 0 Å². The molecule has 0 aliphatic carbocycles. The van der Waals surface area contributed by atoms with E-state index in [0.29, 0.717) is 8.42 Å². The Labute approximate surface area is 109 Å². The van der Waals surface area contributed by atoms with E-state index < -0.39 is 0 Å². The molecule has 2 N–H and O–H groups in total. The normalized spacial score (nSPS) is 13.1. The number of carbonyl (C=O) groups excluding carboxylic acids is 1. The third-order valence-corrected chi connectivity index (χ3v) is 3.94. The highest BCUT2D eigenvalue weighted by Crippen LogP contribution is 2.14. The van der Waals surface area contributed by atoms with Gasteiger partial charge in [-0.1, -0.05) is 48.7 Å². The predicted molar refractivity (Wildman–Crippen MR) is 82.7 cm³/mol. The SMILES string of the molecule is O=C(c1ccccc1)C(CCCNPP)NP. The zero-order chi connectivity index (χ0) is 12.5. The van der Waals surface area contributed by atoms with Crippen LogP contribution in [-0.2, 0) is 0 Å². The fraction of sp³-hybridized carbons (Fsp3) is 0.364. The lowest BCUT2D eigenvalue weighted by atomic mass is 10.0. The molecule has 4 unspecified atom stereocenters. The van der Waals surface area contributed by atoms with Crippen molar-refractivity contribution >= 4 is 32.5 Å². The number of benzene rings is 1. The summed E-state index contributed by atoms with van der Waals surface area (Å²) in [6, 6.07) is 9.31. The molecule has 0 amide bonds. The first-order valence-corrected chi connectivity index (χ1v) is 8.92. The average Bonchev–Trinajstić information content (AvgIpc) is 2.39. The molecule has 0 aliphatic heterocycles. The van der Waals surface area contributed by atoms with Gasteiger partial charge in [-0.25, -0.2) is 0 Å². The van der Waals surface area contributed by atoms with Crippen molar-refractivity contribution in [1.82, 2.24) is 10.2 Å². The minimum atomic E-state index is -0.114. The van der Waals surface area contributed by atoms with Crippen LogP contribution in [0.5, 0.6) is 0 Å². The largest absolute Gasteiger partial charge is 0.295 e. The highest BCUT2D eigenvalue weighted by molar-refractivity contribution is 8.01. The Morgan fingerprint density at radius 2 is 2.06 bits per heavy atom. The van der Waals surface area contributed by atoms with Crippen LogP contribution in [0.25, 0.3) is 0 Å². The molecular weight excluding hydrogens is 269 g/mol. The summed E-state index contributed by atoms with van der Waals surface area (Å²) in [5, 5.41) is 6.26. The number of rotatable bonds is 8. The van der Waals surface area contributed by atoms with E-state index in [2.05, 4.69) is 28.5 Å². The van der Waals surface area contributed by atoms with Crippen LogP contribution in [0.4, 0.5) is 0 Å². The van der Waals surface area contributed by atoms with Gasteiger partial charge in [-0.3, -0.25) is 15.0 Å². The van der Waals surface area contributed by atoms with Crippen LogP contribution in [0.15, 0.2) is 30.3 Å². The van der Waals surface area contributed by atoms with Crippen molar-refractivity contribution in [2.75, 3.05) is 6.54 Å². The van der Waals surface area contributed by atoms with Gasteiger partial charge in [-0.2, -0.15) is 0 Å². The van der Waals surface area contributed by atoms with E-state index in [0.717, 1.165) is 24.9 Å². The Morgan fingerprint density at radius 1 is 1.35 bits per heavy atom. The number of hydrogen-bond donors (Lipinski definition) is 2. The lowest BCUT2D eigenvalue weighted by Gasteiger charge is -2.14. The van der Waals surface area contributed by atoms with E-state index in [4.69, 9.17) is 0 Å². The number of carbonyl (C=O) groups is 1. The minimum absolute atomic E-state index is 0.114. The van der Waals surface area contributed by atoms with E-state index in [9.17, 15) is 4.79 Å². The number of Topliss-reactive ketones (excluding diaryl/α,β-unsaturated/α-hetero) is 1. The Kier molecular flexibility index (Phi) is 8.10. The second-order valence-electron chi connectivity index (χ2n) is 3.66. The summed E-state index contributed by atoms with van der Waals surface area (Å²) in [5.41, 5.74) is 0.772. The van der Waals surface area contributed by atoms with Crippen LogP contribution in [0, 0.1) is 0 Å². The van der Waals surface area contributed by atoms with Crippen molar-refractivity contribution in [3.8, 4) is 0 Å². The molecule has 1 aromatic carbocycles. The van der Waals surface area contributed by atoms with Crippen LogP contribution in [0.1, 0.15) is 23.2 Å². The van der Waals surface area contributed by atoms with Crippen LogP contribution in [-0.4, -0.2) is 18.4 Å². The van der Waals surface area contributed by atoms with Crippen molar-refractivity contribution in [2.45, 2.75) is 18.9 Å². The third-order valence-electron chi connectivity index (χ3n) is 2.47. The first-order chi connectivity index (χ1) is 8.29. The fourth-order valence-electron chi connectivity index (χ4n) is 1.56. The maximum absolute atomic E-state index is 12.1. The van der Waals surface area contributed by atoms with Crippen molar-refractivity contribution < 1.29 is 4.79 Å². The maximum atomic E-state index is 12.1. The molecule has 17 heavy (non-hydrogen) atoms. The third kappa shape index (κ3) is 5.51. The van der Waals surface area contributed by atoms with E-state index in [-0.39, 0.29) is 11.8 Å². The fourth-order valence-corrected chi connectivity index (χ4v) is 2.63. The Balaban J connectivity index is 2.47. The van der Waals surface area contributed by atoms with Crippen LogP contribution in [0.3, 0.4) is 0 Å². The van der Waals surface area contributed by atoms with Gasteiger partial charge in [0.15, 0.2) is 5.78 Å². The summed E-state index contributed by atoms with van der Waals surface area (Å²) in [4.78, 5) is 12.1. The van der Waals surface area contributed by atoms with E-state index in [1.165, 1.54) is 0 Å². The zero-order valence-corrected chi connectivity index (χ0v) is 13.0. The van der Waals surface area contributed by atoms with Gasteiger partial charge in [0.25, 0.3) is 0 Å². The van der Waals surface area contributed by atoms with Gasteiger partial charge in [0.05, 0.1) is 6.04 Å². The smallest absolute Gasteiger partial charge is 0.179 e. The Bertz CT molecular complexity index is 335. The molecule has 0 heterocycles. The molecule has 0 bridgehead atoms. The minimum Gasteiger partial charge on any atom is -0.295 e. The first-order valence-electron chi connectivity index (χ1n) is 5.53. The van der Waals surface area contributed by atoms with Crippen molar-refractivity contribution in [2.24, 2.45) is 0 Å². The highest BCUT2D eigenvalue weighted by atomic mass is 32.0. The highest BCUT2D eigenvalue weighted by Gasteiger charge is 2.17. The molecule has 0 aromatic heterocycles. The molecule has 1 aromatic rings. The number of ketones is 1. The van der Waals surface area contributed by atoms with Gasteiger partial charge in [0, 0.05) is 5.56 Å². The molecule has 0 saturated heterocycles. The second-order valence-corrected chi connectivity index (χ2v) is 5.50. The van der Waals surface area contributed by atoms with Gasteiger partial charge in [0.2, 0.25) is 0 Å². The standard InChI is InChI=1S/C11H19N2OP3/c14-11(9-5-2-1-3-6-9)10(13-15)7-4-8-12-17-16/h1-3,5-6,10,12-13,17H,4,7-8,15-16H2. The summed E-state index contributed by atoms with van der Waals surface area (Å²) in [6.07, 6.45) is 1.84. The molecule has 0 fully saturated rings. The van der Waals surface area contributed by atoms with E-state index in [1.807, 2.05) is 30.3 Å². The van der Waals surface area contributed by atoms with Gasteiger partial charge >= 0.3 is 0 Å². The topological polar surface area (TPSA) is 41.1 Å². The molecule has 0 aliphatic rings. The van der Waals surface area contributed by atoms with E-state index >= 15 is 0 Å². The van der Waals surface area contributed by atoms with Crippen LogP contribution >= 0.6 is 26.7 Å². The summed E-state index contributed by atoms with van der Waals surface area (Å²) in [7, 11) is 5.78. The lowest BCUT2D eigenvalue weighted by molar-refractivity contribution is 0.0950. The van der Waals surface area contributed by atoms with Crippen molar-refractivity contribution in [3.63, 3.8) is 0 Å². The Morgan fingerprint density at radius 3 is 2.65 bits per heavy atom. The van der Waals surface area contributed by atoms with Gasteiger partial charge in [-0.05, 0) is 27.8 Å². The van der Waals surface area contributed by atoms with Gasteiger partial charge in [0.1, 0.15) is 0 Å². The van der Waals surface area contributed by atoms with Crippen LogP contribution < -0.4 is 10.2 Å². The van der Waals surface area contributed by atoms with Crippen LogP contribution in [0.2, 0.25) is 0 Å². The van der Waals surface area contributed by atoms with Gasteiger partial charge < -0.3 is 0 Å². The molecule has 6 heteroatoms. The zero-order valence-electron chi connectivity index (χ0n) is 9.65. The summed E-state index contributed by atoms with van der Waals surface area (Å²) >= 11 is 0. The second kappa shape index (κ2) is 9.09. The molecule has 94 valence electrons. The quantitative estimate of drug-likeness (QED) is 0.438.